The minimum Gasteiger partial charge on any atom is -0.459 e. The first-order valence-electron chi connectivity index (χ1n) is 8.92. The quantitative estimate of drug-likeness (QED) is 0.739. The van der Waals surface area contributed by atoms with Gasteiger partial charge in [-0.15, -0.1) is 0 Å². The average molecular weight is 334 g/mol. The van der Waals surface area contributed by atoms with E-state index in [1.807, 2.05) is 0 Å². The molecule has 6 heteroatoms. The largest absolute Gasteiger partial charge is 0.459 e. The number of nitrogens with zero attached hydrogens (tertiary/aromatic N) is 1. The summed E-state index contributed by atoms with van der Waals surface area (Å²) < 4.78 is 10.7. The van der Waals surface area contributed by atoms with E-state index in [0.717, 1.165) is 18.9 Å². The topological polar surface area (TPSA) is 71.8 Å². The first-order chi connectivity index (χ1) is 11.7. The molecule has 0 spiro atoms. The summed E-state index contributed by atoms with van der Waals surface area (Å²) >= 11 is 0. The van der Waals surface area contributed by atoms with Gasteiger partial charge in [-0.2, -0.15) is 0 Å². The Morgan fingerprint density at radius 1 is 1.25 bits per heavy atom. The van der Waals surface area contributed by atoms with Gasteiger partial charge in [-0.25, -0.2) is 0 Å². The van der Waals surface area contributed by atoms with Crippen LogP contribution in [-0.2, 0) is 9.53 Å². The maximum atomic E-state index is 12.2. The van der Waals surface area contributed by atoms with Gasteiger partial charge in [-0.1, -0.05) is 0 Å². The van der Waals surface area contributed by atoms with Crippen LogP contribution in [0.3, 0.4) is 0 Å². The number of hydrogen-bond acceptors (Lipinski definition) is 4. The Balaban J connectivity index is 1.29. The molecule has 1 aromatic heterocycles. The van der Waals surface area contributed by atoms with Crippen LogP contribution in [0.15, 0.2) is 22.8 Å². The number of carbonyl (C=O) groups excluding carboxylic acids is 2. The van der Waals surface area contributed by atoms with Crippen molar-refractivity contribution in [1.29, 1.82) is 0 Å². The first kappa shape index (κ1) is 17.0. The molecule has 6 nitrogen and oxygen atoms in total. The van der Waals surface area contributed by atoms with Gasteiger partial charge in [0.15, 0.2) is 5.76 Å². The van der Waals surface area contributed by atoms with Crippen molar-refractivity contribution in [1.82, 2.24) is 10.2 Å². The highest BCUT2D eigenvalue weighted by Gasteiger charge is 2.28. The Morgan fingerprint density at radius 3 is 2.71 bits per heavy atom. The van der Waals surface area contributed by atoms with Crippen LogP contribution < -0.4 is 5.32 Å². The lowest BCUT2D eigenvalue weighted by Crippen LogP contribution is -2.43. The highest BCUT2D eigenvalue weighted by atomic mass is 16.5. The second-order valence-corrected chi connectivity index (χ2v) is 6.71. The molecule has 2 fully saturated rings. The molecule has 2 heterocycles. The standard InChI is InChI=1S/C18H26N2O4/c21-17(19-8-2-11-23-13-14-4-5-14)15-6-9-20(10-7-15)18(22)16-3-1-12-24-16/h1,3,12,14-15H,2,4-11,13H2,(H,19,21). The number of piperidine rings is 1. The lowest BCUT2D eigenvalue weighted by atomic mass is 9.95. The zero-order valence-corrected chi connectivity index (χ0v) is 14.0. The predicted octanol–water partition coefficient (Wildman–Crippen LogP) is 2.06. The molecule has 1 aliphatic heterocycles. The van der Waals surface area contributed by atoms with Crippen molar-refractivity contribution in [2.45, 2.75) is 32.1 Å². The molecule has 0 aromatic carbocycles. The summed E-state index contributed by atoms with van der Waals surface area (Å²) in [6.45, 7) is 3.45. The number of likely N-dealkylation sites (tertiary alicyclic amines) is 1. The molecular weight excluding hydrogens is 308 g/mol. The van der Waals surface area contributed by atoms with Gasteiger partial charge in [-0.05, 0) is 50.2 Å². The molecular formula is C18H26N2O4. The van der Waals surface area contributed by atoms with Crippen molar-refractivity contribution in [3.63, 3.8) is 0 Å². The van der Waals surface area contributed by atoms with Gasteiger partial charge in [0, 0.05) is 38.8 Å². The smallest absolute Gasteiger partial charge is 0.289 e. The lowest BCUT2D eigenvalue weighted by Gasteiger charge is -2.30. The highest BCUT2D eigenvalue weighted by Crippen LogP contribution is 2.28. The average Bonchev–Trinajstić information content (AvgIpc) is 3.27. The molecule has 1 saturated carbocycles. The third-order valence-corrected chi connectivity index (χ3v) is 4.70. The van der Waals surface area contributed by atoms with Crippen molar-refractivity contribution in [2.75, 3.05) is 32.8 Å². The van der Waals surface area contributed by atoms with E-state index in [1.54, 1.807) is 17.0 Å². The molecule has 2 amide bonds. The molecule has 0 bridgehead atoms. The number of hydrogen-bond donors (Lipinski definition) is 1. The van der Waals surface area contributed by atoms with E-state index in [4.69, 9.17) is 9.15 Å². The number of nitrogens with one attached hydrogen (secondary N) is 1. The number of amides is 2. The minimum atomic E-state index is -0.0910. The van der Waals surface area contributed by atoms with E-state index in [-0.39, 0.29) is 17.7 Å². The van der Waals surface area contributed by atoms with E-state index in [0.29, 0.717) is 44.8 Å². The molecule has 0 unspecified atom stereocenters. The molecule has 3 rings (SSSR count). The number of carbonyl (C=O) groups is 2. The summed E-state index contributed by atoms with van der Waals surface area (Å²) in [5, 5.41) is 2.99. The van der Waals surface area contributed by atoms with Crippen molar-refractivity contribution in [3.8, 4) is 0 Å². The summed E-state index contributed by atoms with van der Waals surface area (Å²) in [5.74, 6) is 1.16. The minimum absolute atomic E-state index is 0.00182. The van der Waals surface area contributed by atoms with Crippen LogP contribution in [0.1, 0.15) is 42.7 Å². The highest BCUT2D eigenvalue weighted by molar-refractivity contribution is 5.91. The Kier molecular flexibility index (Phi) is 5.91. The van der Waals surface area contributed by atoms with Crippen LogP contribution in [0.25, 0.3) is 0 Å². The molecule has 132 valence electrons. The molecule has 1 aromatic rings. The SMILES string of the molecule is O=C(NCCCOCC1CC1)C1CCN(C(=O)c2ccco2)CC1. The van der Waals surface area contributed by atoms with Crippen molar-refractivity contribution in [3.05, 3.63) is 24.2 Å². The van der Waals surface area contributed by atoms with E-state index >= 15 is 0 Å². The Morgan fingerprint density at radius 2 is 2.04 bits per heavy atom. The fraction of sp³-hybridized carbons (Fsp3) is 0.667. The van der Waals surface area contributed by atoms with Crippen LogP contribution in [0, 0.1) is 11.8 Å². The molecule has 0 atom stereocenters. The van der Waals surface area contributed by atoms with Gasteiger partial charge in [0.05, 0.1) is 6.26 Å². The normalized spacial score (nSPS) is 18.6. The van der Waals surface area contributed by atoms with Gasteiger partial charge in [0.1, 0.15) is 0 Å². The molecule has 1 aliphatic carbocycles. The molecule has 24 heavy (non-hydrogen) atoms. The molecule has 1 N–H and O–H groups in total. The first-order valence-corrected chi connectivity index (χ1v) is 8.92. The van der Waals surface area contributed by atoms with Crippen molar-refractivity contribution in [2.24, 2.45) is 11.8 Å². The second kappa shape index (κ2) is 8.33. The van der Waals surface area contributed by atoms with Crippen molar-refractivity contribution >= 4 is 11.8 Å². The van der Waals surface area contributed by atoms with Gasteiger partial charge < -0.3 is 19.4 Å². The zero-order chi connectivity index (χ0) is 16.8. The summed E-state index contributed by atoms with van der Waals surface area (Å²) in [4.78, 5) is 26.1. The number of rotatable bonds is 8. The summed E-state index contributed by atoms with van der Waals surface area (Å²) in [6.07, 6.45) is 6.37. The van der Waals surface area contributed by atoms with Crippen LogP contribution in [0.4, 0.5) is 0 Å². The third kappa shape index (κ3) is 4.84. The Bertz CT molecular complexity index is 531. The summed E-state index contributed by atoms with van der Waals surface area (Å²) in [5.41, 5.74) is 0. The maximum absolute atomic E-state index is 12.2. The van der Waals surface area contributed by atoms with E-state index in [9.17, 15) is 9.59 Å². The maximum Gasteiger partial charge on any atom is 0.289 e. The number of ether oxygens (including phenoxy) is 1. The van der Waals surface area contributed by atoms with Crippen LogP contribution >= 0.6 is 0 Å². The van der Waals surface area contributed by atoms with E-state index < -0.39 is 0 Å². The second-order valence-electron chi connectivity index (χ2n) is 6.71. The van der Waals surface area contributed by atoms with Gasteiger partial charge in [-0.3, -0.25) is 9.59 Å². The molecule has 1 saturated heterocycles. The van der Waals surface area contributed by atoms with Crippen LogP contribution in [0.2, 0.25) is 0 Å². The van der Waals surface area contributed by atoms with Gasteiger partial charge in [0.2, 0.25) is 5.91 Å². The van der Waals surface area contributed by atoms with Crippen molar-refractivity contribution < 1.29 is 18.7 Å². The molecule has 0 radical (unpaired) electrons. The Labute approximate surface area is 142 Å². The fourth-order valence-electron chi connectivity index (χ4n) is 2.97. The predicted molar refractivity (Wildman–Crippen MR) is 88.5 cm³/mol. The fourth-order valence-corrected chi connectivity index (χ4v) is 2.97. The summed E-state index contributed by atoms with van der Waals surface area (Å²) in [7, 11) is 0. The monoisotopic (exact) mass is 334 g/mol. The van der Waals surface area contributed by atoms with E-state index in [2.05, 4.69) is 5.32 Å². The van der Waals surface area contributed by atoms with E-state index in [1.165, 1.54) is 19.1 Å². The lowest BCUT2D eigenvalue weighted by molar-refractivity contribution is -0.126. The Hall–Kier alpha value is -1.82. The third-order valence-electron chi connectivity index (χ3n) is 4.70. The van der Waals surface area contributed by atoms with Crippen LogP contribution in [-0.4, -0.2) is 49.6 Å². The van der Waals surface area contributed by atoms with Gasteiger partial charge in [0.25, 0.3) is 5.91 Å². The number of furan rings is 1. The molecule has 2 aliphatic rings. The zero-order valence-electron chi connectivity index (χ0n) is 14.0. The van der Waals surface area contributed by atoms with Crippen LogP contribution in [0.5, 0.6) is 0 Å². The summed E-state index contributed by atoms with van der Waals surface area (Å²) in [6, 6.07) is 3.38. The van der Waals surface area contributed by atoms with Gasteiger partial charge >= 0.3 is 0 Å².